The first kappa shape index (κ1) is 61.8. The molecule has 1 unspecified atom stereocenters. The Bertz CT molecular complexity index is 1420. The lowest BCUT2D eigenvalue weighted by atomic mass is 10.0. The standard InChI is InChI=1S/C60H96O6/c1-4-7-10-13-16-19-22-25-27-29-30-31-33-35-38-41-44-47-50-53-59(62)65-56-57(55-64-58(61)52-49-46-43-40-37-34-24-21-18-15-12-9-6-3)66-60(63)54-51-48-45-42-39-36-32-28-26-23-20-17-14-11-8-5-2/h8-9,11-12,15,17-18,20-21,24,26,28,34,36-37,39-40,43,45,48,57H,4-7,10,13-14,16,19,22-23,25,27,29-33,35,38,41-42,44,46-47,49-56H2,1-3H3/b11-8+,12-9+,18-15+,20-17+,24-21+,28-26+,37-34+,39-36+,43-40+,48-45+. The van der Waals surface area contributed by atoms with Gasteiger partial charge in [0.2, 0.25) is 0 Å². The summed E-state index contributed by atoms with van der Waals surface area (Å²) in [4.78, 5) is 38.0. The molecule has 0 aliphatic carbocycles. The molecule has 0 rings (SSSR count). The number of unbranched alkanes of at least 4 members (excludes halogenated alkanes) is 19. The first-order chi connectivity index (χ1) is 32.5. The number of rotatable bonds is 46. The summed E-state index contributed by atoms with van der Waals surface area (Å²) in [5.41, 5.74) is 0. The summed E-state index contributed by atoms with van der Waals surface area (Å²) in [6, 6.07) is 0. The van der Waals surface area contributed by atoms with Gasteiger partial charge in [-0.1, -0.05) is 258 Å². The summed E-state index contributed by atoms with van der Waals surface area (Å²) in [6.07, 6.45) is 73.6. The van der Waals surface area contributed by atoms with E-state index in [2.05, 4.69) is 75.5 Å². The van der Waals surface area contributed by atoms with Crippen molar-refractivity contribution in [1.29, 1.82) is 0 Å². The highest BCUT2D eigenvalue weighted by Gasteiger charge is 2.19. The minimum atomic E-state index is -0.848. The number of hydrogen-bond donors (Lipinski definition) is 0. The van der Waals surface area contributed by atoms with Crippen molar-refractivity contribution in [3.8, 4) is 0 Å². The van der Waals surface area contributed by atoms with Crippen molar-refractivity contribution < 1.29 is 28.6 Å². The number of carbonyl (C=O) groups is 3. The molecule has 0 spiro atoms. The molecule has 6 nitrogen and oxygen atoms in total. The maximum absolute atomic E-state index is 12.8. The number of hydrogen-bond acceptors (Lipinski definition) is 6. The van der Waals surface area contributed by atoms with Crippen molar-refractivity contribution in [3.63, 3.8) is 0 Å². The second-order valence-corrected chi connectivity index (χ2v) is 17.2. The largest absolute Gasteiger partial charge is 0.462 e. The average Bonchev–Trinajstić information content (AvgIpc) is 3.31. The van der Waals surface area contributed by atoms with Crippen molar-refractivity contribution in [1.82, 2.24) is 0 Å². The van der Waals surface area contributed by atoms with Crippen LogP contribution in [0.5, 0.6) is 0 Å². The monoisotopic (exact) mass is 913 g/mol. The lowest BCUT2D eigenvalue weighted by Crippen LogP contribution is -2.30. The van der Waals surface area contributed by atoms with Gasteiger partial charge in [-0.3, -0.25) is 14.4 Å². The predicted octanol–water partition coefficient (Wildman–Crippen LogP) is 17.7. The highest BCUT2D eigenvalue weighted by Crippen LogP contribution is 2.15. The van der Waals surface area contributed by atoms with Crippen LogP contribution in [0, 0.1) is 0 Å². The summed E-state index contributed by atoms with van der Waals surface area (Å²) in [5, 5.41) is 0. The minimum absolute atomic E-state index is 0.132. The van der Waals surface area contributed by atoms with Gasteiger partial charge < -0.3 is 14.2 Å². The Morgan fingerprint density at radius 3 is 1.14 bits per heavy atom. The van der Waals surface area contributed by atoms with Gasteiger partial charge in [-0.05, 0) is 64.2 Å². The number of carbonyl (C=O) groups excluding carboxylic acids is 3. The average molecular weight is 913 g/mol. The van der Waals surface area contributed by atoms with E-state index in [0.717, 1.165) is 64.2 Å². The van der Waals surface area contributed by atoms with Gasteiger partial charge in [0, 0.05) is 19.3 Å². The normalized spacial score (nSPS) is 13.1. The zero-order chi connectivity index (χ0) is 47.9. The van der Waals surface area contributed by atoms with E-state index in [1.54, 1.807) is 0 Å². The molecular formula is C60H96O6. The lowest BCUT2D eigenvalue weighted by molar-refractivity contribution is -0.166. The zero-order valence-electron chi connectivity index (χ0n) is 42.4. The molecule has 372 valence electrons. The fourth-order valence-electron chi connectivity index (χ4n) is 6.93. The molecule has 0 aromatic heterocycles. The summed E-state index contributed by atoms with van der Waals surface area (Å²) < 4.78 is 16.7. The highest BCUT2D eigenvalue weighted by molar-refractivity contribution is 5.71. The van der Waals surface area contributed by atoms with Gasteiger partial charge in [-0.25, -0.2) is 0 Å². The Morgan fingerprint density at radius 2 is 0.697 bits per heavy atom. The third-order valence-electron chi connectivity index (χ3n) is 10.9. The van der Waals surface area contributed by atoms with E-state index >= 15 is 0 Å². The van der Waals surface area contributed by atoms with Crippen molar-refractivity contribution >= 4 is 17.9 Å². The molecule has 0 saturated heterocycles. The van der Waals surface area contributed by atoms with E-state index < -0.39 is 12.1 Å². The molecule has 0 aliphatic rings. The van der Waals surface area contributed by atoms with Crippen molar-refractivity contribution in [2.24, 2.45) is 0 Å². The van der Waals surface area contributed by atoms with Crippen LogP contribution in [-0.4, -0.2) is 37.2 Å². The fourth-order valence-corrected chi connectivity index (χ4v) is 6.93. The molecule has 0 aromatic carbocycles. The Balaban J connectivity index is 4.53. The topological polar surface area (TPSA) is 78.9 Å². The zero-order valence-corrected chi connectivity index (χ0v) is 42.4. The first-order valence-corrected chi connectivity index (χ1v) is 26.6. The minimum Gasteiger partial charge on any atom is -0.462 e. The van der Waals surface area contributed by atoms with E-state index in [0.29, 0.717) is 19.3 Å². The smallest absolute Gasteiger partial charge is 0.306 e. The number of esters is 3. The summed E-state index contributed by atoms with van der Waals surface area (Å²) in [7, 11) is 0. The van der Waals surface area contributed by atoms with Gasteiger partial charge in [-0.15, -0.1) is 0 Å². The molecule has 0 fully saturated rings. The van der Waals surface area contributed by atoms with Crippen molar-refractivity contribution in [2.45, 2.75) is 226 Å². The van der Waals surface area contributed by atoms with Crippen LogP contribution in [0.2, 0.25) is 0 Å². The van der Waals surface area contributed by atoms with Gasteiger partial charge in [0.15, 0.2) is 6.10 Å². The lowest BCUT2D eigenvalue weighted by Gasteiger charge is -2.18. The Kier molecular flexibility index (Phi) is 50.0. The molecule has 0 amide bonds. The van der Waals surface area contributed by atoms with Gasteiger partial charge in [0.1, 0.15) is 13.2 Å². The SMILES string of the molecule is CC/C=C/C=C/C=C/C=C/C=C/CCCC(=O)OCC(COC(=O)CCCCCCCCCCCCCCCCCCCCC)OC(=O)CC/C=C/C/C=C/C/C=C/C/C=C/C/C=C/CC. The molecule has 0 saturated carbocycles. The highest BCUT2D eigenvalue weighted by atomic mass is 16.6. The van der Waals surface area contributed by atoms with E-state index in [-0.39, 0.29) is 38.0 Å². The van der Waals surface area contributed by atoms with E-state index in [1.165, 1.54) is 103 Å². The fraction of sp³-hybridized carbons (Fsp3) is 0.617. The third-order valence-corrected chi connectivity index (χ3v) is 10.9. The van der Waals surface area contributed by atoms with Gasteiger partial charge in [0.25, 0.3) is 0 Å². The van der Waals surface area contributed by atoms with Crippen LogP contribution in [0.15, 0.2) is 122 Å². The second-order valence-electron chi connectivity index (χ2n) is 17.2. The number of ether oxygens (including phenoxy) is 3. The van der Waals surface area contributed by atoms with Gasteiger partial charge >= 0.3 is 17.9 Å². The molecule has 0 aromatic rings. The van der Waals surface area contributed by atoms with Crippen LogP contribution in [0.3, 0.4) is 0 Å². The molecule has 66 heavy (non-hydrogen) atoms. The van der Waals surface area contributed by atoms with E-state index in [4.69, 9.17) is 14.2 Å². The van der Waals surface area contributed by atoms with Crippen LogP contribution in [0.4, 0.5) is 0 Å². The molecule has 0 aliphatic heterocycles. The van der Waals surface area contributed by atoms with Crippen LogP contribution < -0.4 is 0 Å². The summed E-state index contributed by atoms with van der Waals surface area (Å²) >= 11 is 0. The predicted molar refractivity (Wildman–Crippen MR) is 283 cm³/mol. The first-order valence-electron chi connectivity index (χ1n) is 26.6. The van der Waals surface area contributed by atoms with E-state index in [1.807, 2.05) is 66.8 Å². The van der Waals surface area contributed by atoms with E-state index in [9.17, 15) is 14.4 Å². The second kappa shape index (κ2) is 53.4. The third kappa shape index (κ3) is 50.8. The molecule has 6 heteroatoms. The van der Waals surface area contributed by atoms with Crippen molar-refractivity contribution in [2.75, 3.05) is 13.2 Å². The van der Waals surface area contributed by atoms with Crippen molar-refractivity contribution in [3.05, 3.63) is 122 Å². The summed E-state index contributed by atoms with van der Waals surface area (Å²) in [5.74, 6) is -1.10. The molecule has 1 atom stereocenters. The number of allylic oxidation sites excluding steroid dienone is 20. The van der Waals surface area contributed by atoms with Gasteiger partial charge in [0.05, 0.1) is 0 Å². The van der Waals surface area contributed by atoms with Gasteiger partial charge in [-0.2, -0.15) is 0 Å². The molecule has 0 heterocycles. The Morgan fingerprint density at radius 1 is 0.333 bits per heavy atom. The summed E-state index contributed by atoms with van der Waals surface area (Å²) in [6.45, 7) is 6.25. The Hall–Kier alpha value is -4.19. The molecular weight excluding hydrogens is 817 g/mol. The maximum Gasteiger partial charge on any atom is 0.306 e. The maximum atomic E-state index is 12.8. The van der Waals surface area contributed by atoms with Crippen LogP contribution in [-0.2, 0) is 28.6 Å². The molecule has 0 radical (unpaired) electrons. The van der Waals surface area contributed by atoms with Crippen LogP contribution in [0.25, 0.3) is 0 Å². The Labute approximate surface area is 405 Å². The molecule has 0 bridgehead atoms. The van der Waals surface area contributed by atoms with Crippen LogP contribution >= 0.6 is 0 Å². The quantitative estimate of drug-likeness (QED) is 0.0199. The van der Waals surface area contributed by atoms with Crippen LogP contribution in [0.1, 0.15) is 220 Å². The molecule has 0 N–H and O–H groups in total.